The third-order valence-electron chi connectivity index (χ3n) is 2.90. The molecule has 1 aliphatic rings. The van der Waals surface area contributed by atoms with Gasteiger partial charge in [-0.1, -0.05) is 0 Å². The Hall–Kier alpha value is -1.82. The molecule has 18 heavy (non-hydrogen) atoms. The summed E-state index contributed by atoms with van der Waals surface area (Å²) in [5.74, 6) is 0.0336. The Bertz CT molecular complexity index is 594. The molecule has 0 spiro atoms. The largest absolute Gasteiger partial charge is 0.440 e. The standard InChI is InChI=1S/C12H12N4OS/c13-10(14)8-6-7-2-1-3-9(7)16-11(8)18-12-15-4-5-17-12/h4-6H,1-3H2,(H3,13,14). The van der Waals surface area contributed by atoms with E-state index in [1.807, 2.05) is 6.07 Å². The number of nitrogens with zero attached hydrogens (tertiary/aromatic N) is 2. The lowest BCUT2D eigenvalue weighted by molar-refractivity contribution is 0.454. The second kappa shape index (κ2) is 4.45. The van der Waals surface area contributed by atoms with Crippen LogP contribution in [0.1, 0.15) is 23.2 Å². The highest BCUT2D eigenvalue weighted by Crippen LogP contribution is 2.31. The van der Waals surface area contributed by atoms with E-state index in [-0.39, 0.29) is 5.84 Å². The average Bonchev–Trinajstić information content (AvgIpc) is 2.97. The van der Waals surface area contributed by atoms with Crippen LogP contribution in [-0.2, 0) is 12.8 Å². The number of amidine groups is 1. The molecule has 2 aromatic rings. The van der Waals surface area contributed by atoms with Crippen LogP contribution in [0, 0.1) is 5.41 Å². The van der Waals surface area contributed by atoms with Crippen molar-refractivity contribution in [2.75, 3.05) is 0 Å². The number of fused-ring (bicyclic) bond motifs is 1. The van der Waals surface area contributed by atoms with Crippen LogP contribution in [0.2, 0.25) is 0 Å². The Kier molecular flexibility index (Phi) is 2.79. The topological polar surface area (TPSA) is 88.8 Å². The Morgan fingerprint density at radius 3 is 3.06 bits per heavy atom. The van der Waals surface area contributed by atoms with E-state index in [0.29, 0.717) is 15.8 Å². The average molecular weight is 260 g/mol. The molecular formula is C12H12N4OS. The maximum atomic E-state index is 7.64. The number of nitrogens with two attached hydrogens (primary N) is 1. The summed E-state index contributed by atoms with van der Waals surface area (Å²) in [6.45, 7) is 0. The summed E-state index contributed by atoms with van der Waals surface area (Å²) in [7, 11) is 0. The number of nitrogen functional groups attached to an aromatic ring is 1. The fourth-order valence-electron chi connectivity index (χ4n) is 2.07. The van der Waals surface area contributed by atoms with Crippen molar-refractivity contribution in [3.05, 3.63) is 35.3 Å². The van der Waals surface area contributed by atoms with Gasteiger partial charge in [-0.05, 0) is 42.7 Å². The minimum atomic E-state index is 0.0336. The molecule has 0 aromatic carbocycles. The van der Waals surface area contributed by atoms with Crippen molar-refractivity contribution < 1.29 is 4.42 Å². The van der Waals surface area contributed by atoms with Gasteiger partial charge in [0.1, 0.15) is 17.1 Å². The second-order valence-electron chi connectivity index (χ2n) is 4.11. The van der Waals surface area contributed by atoms with Gasteiger partial charge >= 0.3 is 0 Å². The van der Waals surface area contributed by atoms with Crippen molar-refractivity contribution in [2.24, 2.45) is 5.73 Å². The van der Waals surface area contributed by atoms with Gasteiger partial charge in [-0.25, -0.2) is 9.97 Å². The zero-order chi connectivity index (χ0) is 12.5. The molecule has 5 nitrogen and oxygen atoms in total. The summed E-state index contributed by atoms with van der Waals surface area (Å²) in [6.07, 6.45) is 6.23. The van der Waals surface area contributed by atoms with E-state index < -0.39 is 0 Å². The summed E-state index contributed by atoms with van der Waals surface area (Å²) in [5.41, 5.74) is 8.59. The predicted octanol–water partition coefficient (Wildman–Crippen LogP) is 1.99. The Morgan fingerprint density at radius 1 is 1.44 bits per heavy atom. The van der Waals surface area contributed by atoms with Crippen LogP contribution in [0.3, 0.4) is 0 Å². The predicted molar refractivity (Wildman–Crippen MR) is 67.9 cm³/mol. The fourth-order valence-corrected chi connectivity index (χ4v) is 2.88. The lowest BCUT2D eigenvalue weighted by atomic mass is 10.1. The van der Waals surface area contributed by atoms with Crippen LogP contribution in [0.4, 0.5) is 0 Å². The molecule has 0 radical (unpaired) electrons. The van der Waals surface area contributed by atoms with Crippen molar-refractivity contribution in [1.29, 1.82) is 5.41 Å². The first-order valence-corrected chi connectivity index (χ1v) is 6.50. The third kappa shape index (κ3) is 1.99. The molecule has 0 saturated heterocycles. The smallest absolute Gasteiger partial charge is 0.261 e. The number of hydrogen-bond acceptors (Lipinski definition) is 5. The van der Waals surface area contributed by atoms with Gasteiger partial charge < -0.3 is 10.2 Å². The van der Waals surface area contributed by atoms with Crippen LogP contribution in [0.15, 0.2) is 33.2 Å². The molecule has 0 amide bonds. The summed E-state index contributed by atoms with van der Waals surface area (Å²) in [5, 5.41) is 8.86. The van der Waals surface area contributed by atoms with Crippen molar-refractivity contribution in [2.45, 2.75) is 29.5 Å². The summed E-state index contributed by atoms with van der Waals surface area (Å²) >= 11 is 1.31. The van der Waals surface area contributed by atoms with Crippen LogP contribution in [0.25, 0.3) is 0 Å². The van der Waals surface area contributed by atoms with E-state index in [1.54, 1.807) is 6.20 Å². The molecule has 92 valence electrons. The summed E-state index contributed by atoms with van der Waals surface area (Å²) < 4.78 is 5.19. The minimum absolute atomic E-state index is 0.0336. The minimum Gasteiger partial charge on any atom is -0.440 e. The maximum absolute atomic E-state index is 7.64. The first-order chi connectivity index (χ1) is 8.74. The molecule has 1 aliphatic carbocycles. The number of nitrogens with one attached hydrogen (secondary N) is 1. The van der Waals surface area contributed by atoms with Gasteiger partial charge in [0.05, 0.1) is 6.20 Å². The normalized spacial score (nSPS) is 13.6. The highest BCUT2D eigenvalue weighted by molar-refractivity contribution is 7.99. The van der Waals surface area contributed by atoms with Gasteiger partial charge in [-0.15, -0.1) is 0 Å². The molecule has 2 heterocycles. The third-order valence-corrected chi connectivity index (χ3v) is 3.78. The molecule has 3 rings (SSSR count). The zero-order valence-electron chi connectivity index (χ0n) is 9.64. The monoisotopic (exact) mass is 260 g/mol. The van der Waals surface area contributed by atoms with Gasteiger partial charge in [0.25, 0.3) is 5.22 Å². The SMILES string of the molecule is N=C(N)c1cc2c(nc1Sc1ncco1)CCC2. The lowest BCUT2D eigenvalue weighted by Crippen LogP contribution is -2.14. The molecular weight excluding hydrogens is 248 g/mol. The molecule has 0 aliphatic heterocycles. The van der Waals surface area contributed by atoms with Gasteiger partial charge in [0.2, 0.25) is 0 Å². The molecule has 2 aromatic heterocycles. The van der Waals surface area contributed by atoms with E-state index in [1.165, 1.54) is 23.6 Å². The van der Waals surface area contributed by atoms with E-state index in [0.717, 1.165) is 25.0 Å². The Morgan fingerprint density at radius 2 is 2.33 bits per heavy atom. The van der Waals surface area contributed by atoms with Crippen molar-refractivity contribution in [3.8, 4) is 0 Å². The molecule has 0 saturated carbocycles. The van der Waals surface area contributed by atoms with Crippen molar-refractivity contribution in [1.82, 2.24) is 9.97 Å². The fraction of sp³-hybridized carbons (Fsp3) is 0.250. The number of aryl methyl sites for hydroxylation is 2. The molecule has 0 atom stereocenters. The number of aromatic nitrogens is 2. The first kappa shape index (κ1) is 11.3. The lowest BCUT2D eigenvalue weighted by Gasteiger charge is -2.08. The van der Waals surface area contributed by atoms with E-state index in [4.69, 9.17) is 15.6 Å². The number of oxazole rings is 1. The first-order valence-electron chi connectivity index (χ1n) is 5.68. The Labute approximate surface area is 108 Å². The molecule has 0 unspecified atom stereocenters. The van der Waals surface area contributed by atoms with E-state index in [2.05, 4.69) is 9.97 Å². The number of hydrogen-bond donors (Lipinski definition) is 2. The van der Waals surface area contributed by atoms with Crippen molar-refractivity contribution >= 4 is 17.6 Å². The molecule has 3 N–H and O–H groups in total. The summed E-state index contributed by atoms with van der Waals surface area (Å²) in [4.78, 5) is 8.64. The van der Waals surface area contributed by atoms with Gasteiger partial charge in [0, 0.05) is 11.3 Å². The quantitative estimate of drug-likeness (QED) is 0.650. The summed E-state index contributed by atoms with van der Waals surface area (Å²) in [6, 6.07) is 1.98. The van der Waals surface area contributed by atoms with Crippen LogP contribution in [0.5, 0.6) is 0 Å². The van der Waals surface area contributed by atoms with Crippen molar-refractivity contribution in [3.63, 3.8) is 0 Å². The molecule has 6 heteroatoms. The van der Waals surface area contributed by atoms with Crippen LogP contribution in [-0.4, -0.2) is 15.8 Å². The Balaban J connectivity index is 2.03. The maximum Gasteiger partial charge on any atom is 0.261 e. The van der Waals surface area contributed by atoms with Crippen LogP contribution < -0.4 is 5.73 Å². The number of pyridine rings is 1. The van der Waals surface area contributed by atoms with E-state index >= 15 is 0 Å². The van der Waals surface area contributed by atoms with E-state index in [9.17, 15) is 0 Å². The highest BCUT2D eigenvalue weighted by atomic mass is 32.2. The number of rotatable bonds is 3. The molecule has 0 fully saturated rings. The van der Waals surface area contributed by atoms with Gasteiger partial charge in [-0.3, -0.25) is 5.41 Å². The zero-order valence-corrected chi connectivity index (χ0v) is 10.5. The molecule has 0 bridgehead atoms. The highest BCUT2D eigenvalue weighted by Gasteiger charge is 2.19. The van der Waals surface area contributed by atoms with Gasteiger partial charge in [0.15, 0.2) is 0 Å². The second-order valence-corrected chi connectivity index (χ2v) is 5.05. The van der Waals surface area contributed by atoms with Gasteiger partial charge in [-0.2, -0.15) is 0 Å². The van der Waals surface area contributed by atoms with Crippen LogP contribution >= 0.6 is 11.8 Å².